The van der Waals surface area contributed by atoms with Crippen molar-refractivity contribution in [3.8, 4) is 10.4 Å². The van der Waals surface area contributed by atoms with E-state index in [0.717, 1.165) is 16.7 Å². The third-order valence-corrected chi connectivity index (χ3v) is 3.84. The highest BCUT2D eigenvalue weighted by molar-refractivity contribution is 7.18. The molecule has 96 valence electrons. The number of hydrogen-bond acceptors (Lipinski definition) is 3. The number of hydrogen-bond donors (Lipinski definition) is 1. The number of halogens is 1. The van der Waals surface area contributed by atoms with Crippen molar-refractivity contribution >= 4 is 28.1 Å². The third kappa shape index (κ3) is 3.24. The summed E-state index contributed by atoms with van der Waals surface area (Å²) in [5.74, 6) is 0.620. The van der Waals surface area contributed by atoms with E-state index in [4.69, 9.17) is 11.6 Å². The van der Waals surface area contributed by atoms with E-state index >= 15 is 0 Å². The summed E-state index contributed by atoms with van der Waals surface area (Å²) in [6, 6.07) is 5.96. The van der Waals surface area contributed by atoms with Crippen molar-refractivity contribution in [3.63, 3.8) is 0 Å². The zero-order valence-electron chi connectivity index (χ0n) is 10.8. The first kappa shape index (κ1) is 13.4. The van der Waals surface area contributed by atoms with Crippen LogP contribution in [0.15, 0.2) is 24.4 Å². The Hall–Kier alpha value is -1.06. The Morgan fingerprint density at radius 2 is 2.17 bits per heavy atom. The standard InChI is InChI=1S/C14H17ClN2S/c1-9(2)7-16-14-17-8-13(18-14)12-5-4-11(15)6-10(12)3/h4-6,8-9H,7H2,1-3H3,(H,16,17). The molecule has 2 rings (SSSR count). The van der Waals surface area contributed by atoms with Crippen LogP contribution in [-0.2, 0) is 0 Å². The summed E-state index contributed by atoms with van der Waals surface area (Å²) in [5, 5.41) is 5.10. The normalized spacial score (nSPS) is 10.9. The van der Waals surface area contributed by atoms with Crippen LogP contribution in [0.2, 0.25) is 5.02 Å². The van der Waals surface area contributed by atoms with Crippen molar-refractivity contribution in [2.45, 2.75) is 20.8 Å². The van der Waals surface area contributed by atoms with E-state index in [-0.39, 0.29) is 0 Å². The van der Waals surface area contributed by atoms with Crippen LogP contribution in [0.1, 0.15) is 19.4 Å². The fourth-order valence-corrected chi connectivity index (χ4v) is 2.82. The molecule has 18 heavy (non-hydrogen) atoms. The largest absolute Gasteiger partial charge is 0.361 e. The minimum absolute atomic E-state index is 0.620. The van der Waals surface area contributed by atoms with Gasteiger partial charge in [0.05, 0.1) is 4.88 Å². The van der Waals surface area contributed by atoms with E-state index in [2.05, 4.69) is 37.1 Å². The van der Waals surface area contributed by atoms with E-state index in [1.807, 2.05) is 18.3 Å². The van der Waals surface area contributed by atoms with Crippen molar-refractivity contribution < 1.29 is 0 Å². The van der Waals surface area contributed by atoms with Gasteiger partial charge in [-0.3, -0.25) is 0 Å². The maximum absolute atomic E-state index is 5.97. The fourth-order valence-electron chi connectivity index (χ4n) is 1.68. The van der Waals surface area contributed by atoms with Crippen LogP contribution in [0.4, 0.5) is 5.13 Å². The van der Waals surface area contributed by atoms with E-state index in [1.165, 1.54) is 16.0 Å². The van der Waals surface area contributed by atoms with Gasteiger partial charge in [-0.15, -0.1) is 0 Å². The summed E-state index contributed by atoms with van der Waals surface area (Å²) in [4.78, 5) is 5.58. The molecule has 1 aromatic carbocycles. The number of nitrogens with one attached hydrogen (secondary N) is 1. The van der Waals surface area contributed by atoms with Gasteiger partial charge < -0.3 is 5.32 Å². The molecule has 1 N–H and O–H groups in total. The van der Waals surface area contributed by atoms with Gasteiger partial charge in [-0.25, -0.2) is 4.98 Å². The smallest absolute Gasteiger partial charge is 0.183 e. The summed E-state index contributed by atoms with van der Waals surface area (Å²) >= 11 is 7.65. The highest BCUT2D eigenvalue weighted by Crippen LogP contribution is 2.32. The summed E-state index contributed by atoms with van der Waals surface area (Å²) in [5.41, 5.74) is 2.39. The van der Waals surface area contributed by atoms with Gasteiger partial charge in [0.15, 0.2) is 5.13 Å². The molecular weight excluding hydrogens is 264 g/mol. The molecule has 0 unspecified atom stereocenters. The molecule has 0 aliphatic carbocycles. The second-order valence-electron chi connectivity index (χ2n) is 4.76. The topological polar surface area (TPSA) is 24.9 Å². The van der Waals surface area contributed by atoms with Crippen molar-refractivity contribution in [2.75, 3.05) is 11.9 Å². The molecule has 2 nitrogen and oxygen atoms in total. The average Bonchev–Trinajstić information content (AvgIpc) is 2.75. The number of aromatic nitrogens is 1. The minimum atomic E-state index is 0.620. The van der Waals surface area contributed by atoms with Crippen LogP contribution in [0.3, 0.4) is 0 Å². The number of anilines is 1. The average molecular weight is 281 g/mol. The number of thiazole rings is 1. The molecule has 0 atom stereocenters. The molecule has 2 aromatic rings. The van der Waals surface area contributed by atoms with Crippen molar-refractivity contribution in [1.29, 1.82) is 0 Å². The Bertz CT molecular complexity index is 534. The van der Waals surface area contributed by atoms with Crippen molar-refractivity contribution in [3.05, 3.63) is 35.0 Å². The predicted molar refractivity (Wildman–Crippen MR) is 80.6 cm³/mol. The molecule has 0 aliphatic rings. The lowest BCUT2D eigenvalue weighted by molar-refractivity contribution is 0.688. The maximum atomic E-state index is 5.97. The molecule has 0 saturated heterocycles. The molecule has 0 radical (unpaired) electrons. The first-order valence-corrected chi connectivity index (χ1v) is 7.22. The van der Waals surface area contributed by atoms with Gasteiger partial charge in [-0.2, -0.15) is 0 Å². The van der Waals surface area contributed by atoms with Crippen LogP contribution >= 0.6 is 22.9 Å². The van der Waals surface area contributed by atoms with Gasteiger partial charge in [0, 0.05) is 17.8 Å². The molecule has 0 aliphatic heterocycles. The van der Waals surface area contributed by atoms with E-state index < -0.39 is 0 Å². The van der Waals surface area contributed by atoms with E-state index in [1.54, 1.807) is 11.3 Å². The highest BCUT2D eigenvalue weighted by Gasteiger charge is 2.07. The molecule has 0 fully saturated rings. The lowest BCUT2D eigenvalue weighted by Crippen LogP contribution is -2.07. The molecule has 0 saturated carbocycles. The van der Waals surface area contributed by atoms with Gasteiger partial charge in [-0.05, 0) is 36.1 Å². The molecule has 0 bridgehead atoms. The molecule has 0 spiro atoms. The van der Waals surface area contributed by atoms with Crippen molar-refractivity contribution in [2.24, 2.45) is 5.92 Å². The zero-order chi connectivity index (χ0) is 13.1. The quantitative estimate of drug-likeness (QED) is 0.867. The van der Waals surface area contributed by atoms with Gasteiger partial charge in [0.2, 0.25) is 0 Å². The first-order valence-electron chi connectivity index (χ1n) is 6.02. The summed E-state index contributed by atoms with van der Waals surface area (Å²) in [7, 11) is 0. The van der Waals surface area contributed by atoms with Gasteiger partial charge >= 0.3 is 0 Å². The summed E-state index contributed by atoms with van der Waals surface area (Å²) in [6.45, 7) is 7.39. The monoisotopic (exact) mass is 280 g/mol. The Morgan fingerprint density at radius 3 is 2.83 bits per heavy atom. The van der Waals surface area contributed by atoms with Gasteiger partial charge in [0.1, 0.15) is 0 Å². The summed E-state index contributed by atoms with van der Waals surface area (Å²) in [6.07, 6.45) is 1.92. The summed E-state index contributed by atoms with van der Waals surface area (Å²) < 4.78 is 0. The molecule has 0 amide bonds. The number of nitrogens with zero attached hydrogens (tertiary/aromatic N) is 1. The van der Waals surface area contributed by atoms with Gasteiger partial charge in [0.25, 0.3) is 0 Å². The Labute approximate surface area is 117 Å². The number of rotatable bonds is 4. The SMILES string of the molecule is Cc1cc(Cl)ccc1-c1cnc(NCC(C)C)s1. The lowest BCUT2D eigenvalue weighted by Gasteiger charge is -2.05. The van der Waals surface area contributed by atoms with Crippen LogP contribution in [-0.4, -0.2) is 11.5 Å². The highest BCUT2D eigenvalue weighted by atomic mass is 35.5. The second-order valence-corrected chi connectivity index (χ2v) is 6.23. The number of benzene rings is 1. The Kier molecular flexibility index (Phi) is 4.25. The lowest BCUT2D eigenvalue weighted by atomic mass is 10.1. The molecule has 1 aromatic heterocycles. The first-order chi connectivity index (χ1) is 8.56. The molecule has 4 heteroatoms. The zero-order valence-corrected chi connectivity index (χ0v) is 12.4. The van der Waals surface area contributed by atoms with Crippen LogP contribution in [0.25, 0.3) is 10.4 Å². The predicted octanol–water partition coefficient (Wildman–Crippen LogP) is 4.84. The third-order valence-electron chi connectivity index (χ3n) is 2.62. The van der Waals surface area contributed by atoms with Crippen LogP contribution < -0.4 is 5.32 Å². The molecule has 1 heterocycles. The van der Waals surface area contributed by atoms with Crippen LogP contribution in [0.5, 0.6) is 0 Å². The van der Waals surface area contributed by atoms with E-state index in [0.29, 0.717) is 5.92 Å². The second kappa shape index (κ2) is 5.72. The minimum Gasteiger partial charge on any atom is -0.361 e. The Balaban J connectivity index is 2.18. The van der Waals surface area contributed by atoms with E-state index in [9.17, 15) is 0 Å². The molecular formula is C14H17ClN2S. The van der Waals surface area contributed by atoms with Gasteiger partial charge in [-0.1, -0.05) is 42.9 Å². The van der Waals surface area contributed by atoms with Crippen molar-refractivity contribution in [1.82, 2.24) is 4.98 Å². The maximum Gasteiger partial charge on any atom is 0.183 e. The number of aryl methyl sites for hydroxylation is 1. The van der Waals surface area contributed by atoms with Crippen LogP contribution in [0, 0.1) is 12.8 Å². The Morgan fingerprint density at radius 1 is 1.39 bits per heavy atom. The fraction of sp³-hybridized carbons (Fsp3) is 0.357.